The number of carbonyl (C=O) groups is 1. The lowest BCUT2D eigenvalue weighted by molar-refractivity contribution is -0.384. The Labute approximate surface area is 138 Å². The Bertz CT molecular complexity index is 611. The fourth-order valence-corrected chi connectivity index (χ4v) is 3.22. The minimum absolute atomic E-state index is 0.0764. The highest BCUT2D eigenvalue weighted by atomic mass is 79.9. The number of nitrogens with zero attached hydrogens (tertiary/aromatic N) is 2. The monoisotopic (exact) mass is 420 g/mol. The number of hydrogen-bond donors (Lipinski definition) is 1. The van der Waals surface area contributed by atoms with Crippen LogP contribution >= 0.6 is 31.9 Å². The van der Waals surface area contributed by atoms with Gasteiger partial charge in [0, 0.05) is 24.2 Å². The van der Waals surface area contributed by atoms with Crippen molar-refractivity contribution in [1.29, 1.82) is 0 Å². The summed E-state index contributed by atoms with van der Waals surface area (Å²) in [4.78, 5) is 24.3. The molecule has 1 N–H and O–H groups in total. The molecule has 0 aromatic heterocycles. The molecule has 1 amide bonds. The van der Waals surface area contributed by atoms with E-state index in [1.165, 1.54) is 17.0 Å². The summed E-state index contributed by atoms with van der Waals surface area (Å²) in [5.41, 5.74) is 0.0962. The second-order valence-corrected chi connectivity index (χ2v) is 9.00. The maximum atomic E-state index is 12.5. The normalized spacial score (nSPS) is 17.0. The van der Waals surface area contributed by atoms with E-state index < -0.39 is 13.8 Å². The molecule has 21 heavy (non-hydrogen) atoms. The SMILES string of the molecule is CC(C)(O)CCN1C(=O)C(Br)(Br)c2ccc([N+](=O)[O-])cc21. The van der Waals surface area contributed by atoms with Crippen LogP contribution in [0.3, 0.4) is 0 Å². The fourth-order valence-electron chi connectivity index (χ4n) is 2.12. The lowest BCUT2D eigenvalue weighted by Crippen LogP contribution is -2.36. The van der Waals surface area contributed by atoms with Crippen LogP contribution in [0.25, 0.3) is 0 Å². The lowest BCUT2D eigenvalue weighted by atomic mass is 10.1. The van der Waals surface area contributed by atoms with Crippen LogP contribution in [-0.2, 0) is 8.03 Å². The van der Waals surface area contributed by atoms with Crippen molar-refractivity contribution < 1.29 is 14.8 Å². The molecule has 0 bridgehead atoms. The topological polar surface area (TPSA) is 83.7 Å². The summed E-state index contributed by atoms with van der Waals surface area (Å²) in [6.45, 7) is 3.57. The summed E-state index contributed by atoms with van der Waals surface area (Å²) in [6.07, 6.45) is 0.358. The summed E-state index contributed by atoms with van der Waals surface area (Å²) < 4.78 is -1.08. The summed E-state index contributed by atoms with van der Waals surface area (Å²) in [7, 11) is 0. The number of benzene rings is 1. The number of nitro groups is 1. The first-order valence-electron chi connectivity index (χ1n) is 6.25. The van der Waals surface area contributed by atoms with E-state index in [9.17, 15) is 20.0 Å². The van der Waals surface area contributed by atoms with E-state index in [1.54, 1.807) is 19.9 Å². The molecule has 1 aliphatic rings. The number of amides is 1. The minimum Gasteiger partial charge on any atom is -0.390 e. The number of alkyl halides is 2. The van der Waals surface area contributed by atoms with Gasteiger partial charge in [-0.15, -0.1) is 0 Å². The average Bonchev–Trinajstić information content (AvgIpc) is 2.54. The third kappa shape index (κ3) is 3.12. The molecule has 114 valence electrons. The van der Waals surface area contributed by atoms with Crippen LogP contribution in [0.2, 0.25) is 0 Å². The van der Waals surface area contributed by atoms with Gasteiger partial charge in [0.2, 0.25) is 0 Å². The molecule has 2 rings (SSSR count). The van der Waals surface area contributed by atoms with Crippen LogP contribution in [0, 0.1) is 10.1 Å². The Hall–Kier alpha value is -0.990. The highest BCUT2D eigenvalue weighted by Gasteiger charge is 2.48. The number of hydrogen-bond acceptors (Lipinski definition) is 4. The molecule has 1 aromatic carbocycles. The highest BCUT2D eigenvalue weighted by molar-refractivity contribution is 9.25. The second-order valence-electron chi connectivity index (χ2n) is 5.55. The van der Waals surface area contributed by atoms with Crippen molar-refractivity contribution in [2.24, 2.45) is 0 Å². The number of carbonyl (C=O) groups excluding carboxylic acids is 1. The van der Waals surface area contributed by atoms with Gasteiger partial charge in [-0.05, 0) is 26.3 Å². The Kier molecular flexibility index (Phi) is 4.16. The van der Waals surface area contributed by atoms with Gasteiger partial charge in [0.15, 0.2) is 3.23 Å². The van der Waals surface area contributed by atoms with Gasteiger partial charge in [0.1, 0.15) is 0 Å². The highest BCUT2D eigenvalue weighted by Crippen LogP contribution is 2.51. The molecular weight excluding hydrogens is 408 g/mol. The number of anilines is 1. The molecule has 0 radical (unpaired) electrons. The summed E-state index contributed by atoms with van der Waals surface area (Å²) in [5.74, 6) is -0.262. The summed E-state index contributed by atoms with van der Waals surface area (Å²) in [6, 6.07) is 4.30. The van der Waals surface area contributed by atoms with Gasteiger partial charge in [-0.3, -0.25) is 14.9 Å². The maximum Gasteiger partial charge on any atom is 0.271 e. The largest absolute Gasteiger partial charge is 0.390 e. The van der Waals surface area contributed by atoms with Gasteiger partial charge >= 0.3 is 0 Å². The van der Waals surface area contributed by atoms with Crippen LogP contribution in [0.5, 0.6) is 0 Å². The van der Waals surface area contributed by atoms with Crippen LogP contribution in [0.1, 0.15) is 25.8 Å². The Balaban J connectivity index is 2.43. The standard InChI is InChI=1S/C13H14Br2N2O4/c1-12(2,19)5-6-16-10-7-8(17(20)21)3-4-9(10)13(14,15)11(16)18/h3-4,7,19H,5-6H2,1-2H3. The molecule has 1 aromatic rings. The third-order valence-corrected chi connectivity index (χ3v) is 4.81. The molecule has 0 saturated carbocycles. The zero-order valence-electron chi connectivity index (χ0n) is 11.5. The predicted octanol–water partition coefficient (Wildman–Crippen LogP) is 3.05. The van der Waals surface area contributed by atoms with Gasteiger partial charge in [-0.1, -0.05) is 31.9 Å². The molecule has 0 spiro atoms. The molecular formula is C13H14Br2N2O4. The van der Waals surface area contributed by atoms with Crippen LogP contribution in [0.4, 0.5) is 11.4 Å². The zero-order valence-corrected chi connectivity index (χ0v) is 14.6. The number of nitro benzene ring substituents is 1. The van der Waals surface area contributed by atoms with Crippen molar-refractivity contribution in [2.75, 3.05) is 11.4 Å². The second kappa shape index (κ2) is 5.33. The molecule has 0 saturated heterocycles. The number of fused-ring (bicyclic) bond motifs is 1. The zero-order chi connectivity index (χ0) is 16.0. The summed E-state index contributed by atoms with van der Waals surface area (Å²) >= 11 is 6.64. The first kappa shape index (κ1) is 16.4. The van der Waals surface area contributed by atoms with Crippen molar-refractivity contribution in [1.82, 2.24) is 0 Å². The average molecular weight is 422 g/mol. The molecule has 1 aliphatic heterocycles. The molecule has 8 heteroatoms. The molecule has 0 fully saturated rings. The van der Waals surface area contributed by atoms with Gasteiger partial charge in [-0.25, -0.2) is 0 Å². The number of halogens is 2. The van der Waals surface area contributed by atoms with E-state index >= 15 is 0 Å². The minimum atomic E-state index is -1.08. The third-order valence-electron chi connectivity index (χ3n) is 3.28. The smallest absolute Gasteiger partial charge is 0.271 e. The van der Waals surface area contributed by atoms with E-state index in [0.717, 1.165) is 0 Å². The van der Waals surface area contributed by atoms with Gasteiger partial charge in [-0.2, -0.15) is 0 Å². The Morgan fingerprint density at radius 3 is 2.57 bits per heavy atom. The molecule has 0 unspecified atom stereocenters. The Morgan fingerprint density at radius 1 is 1.43 bits per heavy atom. The van der Waals surface area contributed by atoms with E-state index in [1.807, 2.05) is 0 Å². The Morgan fingerprint density at radius 2 is 2.05 bits per heavy atom. The lowest BCUT2D eigenvalue weighted by Gasteiger charge is -2.23. The van der Waals surface area contributed by atoms with Gasteiger partial charge in [0.05, 0.1) is 16.2 Å². The van der Waals surface area contributed by atoms with E-state index in [2.05, 4.69) is 31.9 Å². The van der Waals surface area contributed by atoms with Crippen molar-refractivity contribution in [3.8, 4) is 0 Å². The summed E-state index contributed by atoms with van der Waals surface area (Å²) in [5, 5.41) is 20.7. The van der Waals surface area contributed by atoms with Crippen LogP contribution in [-0.4, -0.2) is 28.1 Å². The first-order valence-corrected chi connectivity index (χ1v) is 7.84. The van der Waals surface area contributed by atoms with E-state index in [-0.39, 0.29) is 18.1 Å². The van der Waals surface area contributed by atoms with Crippen molar-refractivity contribution in [3.05, 3.63) is 33.9 Å². The molecule has 6 nitrogen and oxygen atoms in total. The van der Waals surface area contributed by atoms with E-state index in [0.29, 0.717) is 17.7 Å². The van der Waals surface area contributed by atoms with E-state index in [4.69, 9.17) is 0 Å². The molecule has 1 heterocycles. The van der Waals surface area contributed by atoms with Crippen LogP contribution < -0.4 is 4.90 Å². The molecule has 0 aliphatic carbocycles. The maximum absolute atomic E-state index is 12.5. The predicted molar refractivity (Wildman–Crippen MR) is 85.9 cm³/mol. The van der Waals surface area contributed by atoms with Crippen molar-refractivity contribution >= 4 is 49.1 Å². The van der Waals surface area contributed by atoms with Crippen molar-refractivity contribution in [3.63, 3.8) is 0 Å². The first-order chi connectivity index (χ1) is 9.54. The fraction of sp³-hybridized carbons (Fsp3) is 0.462. The number of non-ortho nitro benzene ring substituents is 1. The van der Waals surface area contributed by atoms with Crippen molar-refractivity contribution in [2.45, 2.75) is 29.1 Å². The van der Waals surface area contributed by atoms with Crippen LogP contribution in [0.15, 0.2) is 18.2 Å². The number of aliphatic hydroxyl groups is 1. The number of rotatable bonds is 4. The van der Waals surface area contributed by atoms with Gasteiger partial charge < -0.3 is 10.0 Å². The quantitative estimate of drug-likeness (QED) is 0.460. The molecule has 0 atom stereocenters. The van der Waals surface area contributed by atoms with Gasteiger partial charge in [0.25, 0.3) is 11.6 Å².